The van der Waals surface area contributed by atoms with Crippen LogP contribution in [0.1, 0.15) is 23.7 Å². The Kier molecular flexibility index (Phi) is 4.09. The highest BCUT2D eigenvalue weighted by Crippen LogP contribution is 2.32. The fourth-order valence-electron chi connectivity index (χ4n) is 3.26. The summed E-state index contributed by atoms with van der Waals surface area (Å²) in [6.45, 7) is 3.75. The van der Waals surface area contributed by atoms with E-state index in [4.69, 9.17) is 9.26 Å². The molecule has 1 aromatic carbocycles. The Morgan fingerprint density at radius 3 is 2.76 bits per heavy atom. The molecule has 1 aliphatic rings. The molecule has 1 fully saturated rings. The lowest BCUT2D eigenvalue weighted by Gasteiger charge is -2.18. The van der Waals surface area contributed by atoms with Crippen molar-refractivity contribution in [1.82, 2.24) is 15.1 Å². The first-order valence-electron chi connectivity index (χ1n) is 8.38. The Bertz CT molecular complexity index is 860. The molecule has 1 saturated heterocycles. The van der Waals surface area contributed by atoms with E-state index < -0.39 is 0 Å². The van der Waals surface area contributed by atoms with Crippen molar-refractivity contribution < 1.29 is 9.26 Å². The molecule has 1 aliphatic heterocycles. The van der Waals surface area contributed by atoms with Crippen LogP contribution in [0.15, 0.2) is 47.1 Å². The van der Waals surface area contributed by atoms with Gasteiger partial charge in [0.2, 0.25) is 0 Å². The van der Waals surface area contributed by atoms with Gasteiger partial charge >= 0.3 is 0 Å². The Hall–Kier alpha value is -2.89. The van der Waals surface area contributed by atoms with Gasteiger partial charge in [0, 0.05) is 30.8 Å². The summed E-state index contributed by atoms with van der Waals surface area (Å²) in [5.41, 5.74) is 2.24. The molecule has 0 aliphatic carbocycles. The van der Waals surface area contributed by atoms with Gasteiger partial charge in [0.15, 0.2) is 5.82 Å². The summed E-state index contributed by atoms with van der Waals surface area (Å²) in [5, 5.41) is 3.86. The average molecular weight is 336 g/mol. The SMILES string of the molecule is COc1ccc([C@@H]2CCN(c3cc(-c4nc(C)no4)ccn3)C2)cc1. The second-order valence-corrected chi connectivity index (χ2v) is 6.25. The van der Waals surface area contributed by atoms with Crippen molar-refractivity contribution in [2.75, 3.05) is 25.1 Å². The minimum atomic E-state index is 0.502. The van der Waals surface area contributed by atoms with Crippen LogP contribution in [0.25, 0.3) is 11.5 Å². The highest BCUT2D eigenvalue weighted by atomic mass is 16.5. The predicted molar refractivity (Wildman–Crippen MR) is 94.8 cm³/mol. The third-order valence-electron chi connectivity index (χ3n) is 4.62. The molecule has 25 heavy (non-hydrogen) atoms. The molecule has 3 heterocycles. The number of benzene rings is 1. The highest BCUT2D eigenvalue weighted by molar-refractivity contribution is 5.59. The smallest absolute Gasteiger partial charge is 0.258 e. The predicted octanol–water partition coefficient (Wildman–Crippen LogP) is 3.44. The van der Waals surface area contributed by atoms with E-state index >= 15 is 0 Å². The van der Waals surface area contributed by atoms with Gasteiger partial charge in [-0.05, 0) is 43.2 Å². The van der Waals surface area contributed by atoms with Crippen LogP contribution in [0.5, 0.6) is 5.75 Å². The van der Waals surface area contributed by atoms with Gasteiger partial charge < -0.3 is 14.2 Å². The normalized spacial score (nSPS) is 17.0. The summed E-state index contributed by atoms with van der Waals surface area (Å²) >= 11 is 0. The van der Waals surface area contributed by atoms with E-state index in [0.717, 1.165) is 36.6 Å². The van der Waals surface area contributed by atoms with Crippen LogP contribution in [0.3, 0.4) is 0 Å². The van der Waals surface area contributed by atoms with Crippen LogP contribution in [0, 0.1) is 6.92 Å². The van der Waals surface area contributed by atoms with E-state index in [0.29, 0.717) is 17.6 Å². The molecule has 0 bridgehead atoms. The van der Waals surface area contributed by atoms with Crippen LogP contribution < -0.4 is 9.64 Å². The monoisotopic (exact) mass is 336 g/mol. The standard InChI is InChI=1S/C19H20N4O2/c1-13-21-19(25-22-13)15-7-9-20-18(11-15)23-10-8-16(12-23)14-3-5-17(24-2)6-4-14/h3-7,9,11,16H,8,10,12H2,1-2H3/t16-/m1/s1. The molecule has 4 rings (SSSR count). The van der Waals surface area contributed by atoms with Crippen molar-refractivity contribution >= 4 is 5.82 Å². The minimum absolute atomic E-state index is 0.502. The summed E-state index contributed by atoms with van der Waals surface area (Å²) in [6, 6.07) is 12.3. The van der Waals surface area contributed by atoms with Gasteiger partial charge in [0.1, 0.15) is 11.6 Å². The molecule has 0 amide bonds. The number of hydrogen-bond donors (Lipinski definition) is 0. The third kappa shape index (κ3) is 3.20. The number of aryl methyl sites for hydroxylation is 1. The van der Waals surface area contributed by atoms with Crippen molar-refractivity contribution in [3.63, 3.8) is 0 Å². The molecule has 128 valence electrons. The van der Waals surface area contributed by atoms with Gasteiger partial charge in [0.25, 0.3) is 5.89 Å². The first kappa shape index (κ1) is 15.6. The van der Waals surface area contributed by atoms with E-state index in [2.05, 4.69) is 32.2 Å². The summed E-state index contributed by atoms with van der Waals surface area (Å²) in [7, 11) is 1.69. The zero-order valence-electron chi connectivity index (χ0n) is 14.3. The van der Waals surface area contributed by atoms with E-state index in [-0.39, 0.29) is 0 Å². The second kappa shape index (κ2) is 6.55. The van der Waals surface area contributed by atoms with Gasteiger partial charge in [-0.1, -0.05) is 17.3 Å². The van der Waals surface area contributed by atoms with Crippen molar-refractivity contribution in [3.05, 3.63) is 54.0 Å². The van der Waals surface area contributed by atoms with Crippen LogP contribution in [-0.4, -0.2) is 35.3 Å². The molecule has 0 unspecified atom stereocenters. The summed E-state index contributed by atoms with van der Waals surface area (Å²) in [5.74, 6) is 3.51. The zero-order chi connectivity index (χ0) is 17.2. The summed E-state index contributed by atoms with van der Waals surface area (Å²) < 4.78 is 10.5. The third-order valence-corrected chi connectivity index (χ3v) is 4.62. The van der Waals surface area contributed by atoms with Crippen molar-refractivity contribution in [1.29, 1.82) is 0 Å². The number of anilines is 1. The maximum absolute atomic E-state index is 5.26. The van der Waals surface area contributed by atoms with Crippen LogP contribution in [0.2, 0.25) is 0 Å². The van der Waals surface area contributed by atoms with Crippen LogP contribution in [0.4, 0.5) is 5.82 Å². The van der Waals surface area contributed by atoms with E-state index in [1.165, 1.54) is 5.56 Å². The maximum atomic E-state index is 5.26. The van der Waals surface area contributed by atoms with Gasteiger partial charge in [-0.15, -0.1) is 0 Å². The lowest BCUT2D eigenvalue weighted by molar-refractivity contribution is 0.414. The quantitative estimate of drug-likeness (QED) is 0.727. The number of ether oxygens (including phenoxy) is 1. The molecule has 2 aromatic heterocycles. The van der Waals surface area contributed by atoms with Crippen LogP contribution in [-0.2, 0) is 0 Å². The van der Waals surface area contributed by atoms with Gasteiger partial charge in [-0.3, -0.25) is 0 Å². The second-order valence-electron chi connectivity index (χ2n) is 6.25. The number of methoxy groups -OCH3 is 1. The molecule has 0 saturated carbocycles. The van der Waals surface area contributed by atoms with Gasteiger partial charge in [0.05, 0.1) is 7.11 Å². The molecule has 0 N–H and O–H groups in total. The molecule has 6 nitrogen and oxygen atoms in total. The fraction of sp³-hybridized carbons (Fsp3) is 0.316. The minimum Gasteiger partial charge on any atom is -0.497 e. The van der Waals surface area contributed by atoms with E-state index in [1.807, 2.05) is 31.2 Å². The Morgan fingerprint density at radius 2 is 2.04 bits per heavy atom. The highest BCUT2D eigenvalue weighted by Gasteiger charge is 2.25. The Morgan fingerprint density at radius 1 is 1.20 bits per heavy atom. The fourth-order valence-corrected chi connectivity index (χ4v) is 3.26. The number of pyridine rings is 1. The molecule has 0 spiro atoms. The zero-order valence-corrected chi connectivity index (χ0v) is 14.3. The average Bonchev–Trinajstić information content (AvgIpc) is 3.31. The summed E-state index contributed by atoms with van der Waals surface area (Å²) in [6.07, 6.45) is 2.91. The largest absolute Gasteiger partial charge is 0.497 e. The molecule has 0 radical (unpaired) electrons. The maximum Gasteiger partial charge on any atom is 0.258 e. The first-order chi connectivity index (χ1) is 12.2. The molecule has 1 atom stereocenters. The molecule has 3 aromatic rings. The number of rotatable bonds is 4. The Labute approximate surface area is 146 Å². The number of nitrogens with zero attached hydrogens (tertiary/aromatic N) is 4. The topological polar surface area (TPSA) is 64.3 Å². The van der Waals surface area contributed by atoms with E-state index in [9.17, 15) is 0 Å². The number of aromatic nitrogens is 3. The first-order valence-corrected chi connectivity index (χ1v) is 8.38. The molecular formula is C19H20N4O2. The summed E-state index contributed by atoms with van der Waals surface area (Å²) in [4.78, 5) is 11.1. The Balaban J connectivity index is 1.51. The molecular weight excluding hydrogens is 316 g/mol. The molecule has 6 heteroatoms. The number of hydrogen-bond acceptors (Lipinski definition) is 6. The lowest BCUT2D eigenvalue weighted by Crippen LogP contribution is -2.20. The lowest BCUT2D eigenvalue weighted by atomic mass is 9.98. The van der Waals surface area contributed by atoms with Gasteiger partial charge in [-0.25, -0.2) is 4.98 Å². The van der Waals surface area contributed by atoms with Crippen molar-refractivity contribution in [2.24, 2.45) is 0 Å². The van der Waals surface area contributed by atoms with Crippen LogP contribution >= 0.6 is 0 Å². The van der Waals surface area contributed by atoms with Crippen molar-refractivity contribution in [3.8, 4) is 17.2 Å². The van der Waals surface area contributed by atoms with Gasteiger partial charge in [-0.2, -0.15) is 4.98 Å². The van der Waals surface area contributed by atoms with Crippen molar-refractivity contribution in [2.45, 2.75) is 19.3 Å². The van der Waals surface area contributed by atoms with E-state index in [1.54, 1.807) is 13.3 Å².